The molecule has 1 aromatic rings. The van der Waals surface area contributed by atoms with Gasteiger partial charge in [-0.2, -0.15) is 0 Å². The number of nitrogens with one attached hydrogen (secondary N) is 1. The molecule has 94 valence electrons. The molecule has 1 aromatic carbocycles. The normalized spacial score (nSPS) is 11.4. The Morgan fingerprint density at radius 2 is 2.06 bits per heavy atom. The number of carbonyl (C=O) groups excluding carboxylic acids is 1. The lowest BCUT2D eigenvalue weighted by Crippen LogP contribution is -2.38. The molecule has 0 atom stereocenters. The van der Waals surface area contributed by atoms with Crippen LogP contribution >= 0.6 is 0 Å². The van der Waals surface area contributed by atoms with Crippen LogP contribution in [0.2, 0.25) is 0 Å². The van der Waals surface area contributed by atoms with E-state index >= 15 is 0 Å². The summed E-state index contributed by atoms with van der Waals surface area (Å²) in [5.41, 5.74) is 4.14. The number of hydrogen-bond acceptors (Lipinski definition) is 3. The van der Waals surface area contributed by atoms with Crippen molar-refractivity contribution in [3.05, 3.63) is 34.9 Å². The first-order chi connectivity index (χ1) is 7.85. The van der Waals surface area contributed by atoms with E-state index in [0.717, 1.165) is 11.1 Å². The fourth-order valence-electron chi connectivity index (χ4n) is 1.34. The SMILES string of the molecule is Cc1ccc(C(=O)NOC(C)(C)CO)c(C)c1. The summed E-state index contributed by atoms with van der Waals surface area (Å²) in [7, 11) is 0. The van der Waals surface area contributed by atoms with Crippen LogP contribution in [-0.2, 0) is 4.84 Å². The molecule has 17 heavy (non-hydrogen) atoms. The predicted octanol–water partition coefficient (Wildman–Crippen LogP) is 1.74. The number of aliphatic hydroxyl groups excluding tert-OH is 1. The minimum absolute atomic E-state index is 0.167. The Balaban J connectivity index is 2.71. The van der Waals surface area contributed by atoms with Gasteiger partial charge in [-0.15, -0.1) is 0 Å². The first-order valence-electron chi connectivity index (χ1n) is 5.52. The van der Waals surface area contributed by atoms with E-state index in [1.165, 1.54) is 0 Å². The van der Waals surface area contributed by atoms with Crippen LogP contribution in [0.1, 0.15) is 35.3 Å². The third-order valence-corrected chi connectivity index (χ3v) is 2.43. The largest absolute Gasteiger partial charge is 0.393 e. The Morgan fingerprint density at radius 1 is 1.41 bits per heavy atom. The van der Waals surface area contributed by atoms with Crippen molar-refractivity contribution in [1.29, 1.82) is 0 Å². The molecule has 0 heterocycles. The monoisotopic (exact) mass is 237 g/mol. The van der Waals surface area contributed by atoms with Crippen LogP contribution in [0.3, 0.4) is 0 Å². The minimum atomic E-state index is -0.783. The van der Waals surface area contributed by atoms with Crippen LogP contribution < -0.4 is 5.48 Å². The molecule has 0 bridgehead atoms. The Morgan fingerprint density at radius 3 is 2.59 bits per heavy atom. The zero-order valence-electron chi connectivity index (χ0n) is 10.7. The molecule has 0 aliphatic carbocycles. The second-order valence-corrected chi connectivity index (χ2v) is 4.77. The Labute approximate surface area is 102 Å². The fourth-order valence-corrected chi connectivity index (χ4v) is 1.34. The van der Waals surface area contributed by atoms with Crippen molar-refractivity contribution in [2.24, 2.45) is 0 Å². The molecule has 2 N–H and O–H groups in total. The standard InChI is InChI=1S/C13H19NO3/c1-9-5-6-11(10(2)7-9)12(16)14-17-13(3,4)8-15/h5-7,15H,8H2,1-4H3,(H,14,16). The zero-order chi connectivity index (χ0) is 13.1. The van der Waals surface area contributed by atoms with Crippen LogP contribution in [0.4, 0.5) is 0 Å². The van der Waals surface area contributed by atoms with Gasteiger partial charge < -0.3 is 5.11 Å². The summed E-state index contributed by atoms with van der Waals surface area (Å²) in [4.78, 5) is 17.0. The van der Waals surface area contributed by atoms with Gasteiger partial charge in [-0.25, -0.2) is 5.48 Å². The molecule has 0 fully saturated rings. The summed E-state index contributed by atoms with van der Waals surface area (Å²) in [6.07, 6.45) is 0. The van der Waals surface area contributed by atoms with Crippen LogP contribution in [0, 0.1) is 13.8 Å². The topological polar surface area (TPSA) is 58.6 Å². The van der Waals surface area contributed by atoms with Crippen molar-refractivity contribution in [3.63, 3.8) is 0 Å². The van der Waals surface area contributed by atoms with Gasteiger partial charge in [0.05, 0.1) is 6.61 Å². The van der Waals surface area contributed by atoms with Gasteiger partial charge in [-0.3, -0.25) is 9.63 Å². The van der Waals surface area contributed by atoms with Crippen LogP contribution in [0.15, 0.2) is 18.2 Å². The van der Waals surface area contributed by atoms with Gasteiger partial charge in [0, 0.05) is 5.56 Å². The number of carbonyl (C=O) groups is 1. The number of aliphatic hydroxyl groups is 1. The van der Waals surface area contributed by atoms with E-state index in [1.807, 2.05) is 26.0 Å². The molecule has 0 aliphatic rings. The Hall–Kier alpha value is -1.39. The van der Waals surface area contributed by atoms with E-state index < -0.39 is 5.60 Å². The highest BCUT2D eigenvalue weighted by atomic mass is 16.7. The number of aryl methyl sites for hydroxylation is 2. The van der Waals surface area contributed by atoms with Gasteiger partial charge in [0.15, 0.2) is 0 Å². The summed E-state index contributed by atoms with van der Waals surface area (Å²) < 4.78 is 0. The molecule has 1 rings (SSSR count). The molecule has 0 spiro atoms. The van der Waals surface area contributed by atoms with Gasteiger partial charge in [-0.1, -0.05) is 17.7 Å². The maximum atomic E-state index is 11.8. The summed E-state index contributed by atoms with van der Waals surface area (Å²) in [5.74, 6) is -0.302. The Kier molecular flexibility index (Phi) is 4.26. The molecule has 0 saturated carbocycles. The molecular weight excluding hydrogens is 218 g/mol. The highest BCUT2D eigenvalue weighted by Crippen LogP contribution is 2.11. The van der Waals surface area contributed by atoms with Crippen molar-refractivity contribution in [2.45, 2.75) is 33.3 Å². The lowest BCUT2D eigenvalue weighted by molar-refractivity contribution is -0.0956. The number of benzene rings is 1. The van der Waals surface area contributed by atoms with Crippen LogP contribution in [-0.4, -0.2) is 23.2 Å². The predicted molar refractivity (Wildman–Crippen MR) is 65.6 cm³/mol. The molecule has 0 saturated heterocycles. The van der Waals surface area contributed by atoms with Gasteiger partial charge in [0.25, 0.3) is 5.91 Å². The summed E-state index contributed by atoms with van der Waals surface area (Å²) >= 11 is 0. The highest BCUT2D eigenvalue weighted by Gasteiger charge is 2.19. The maximum Gasteiger partial charge on any atom is 0.275 e. The molecule has 4 nitrogen and oxygen atoms in total. The van der Waals surface area contributed by atoms with Gasteiger partial charge in [0.2, 0.25) is 0 Å². The maximum absolute atomic E-state index is 11.8. The van der Waals surface area contributed by atoms with Crippen molar-refractivity contribution < 1.29 is 14.7 Å². The van der Waals surface area contributed by atoms with Crippen molar-refractivity contribution in [1.82, 2.24) is 5.48 Å². The van der Waals surface area contributed by atoms with E-state index in [1.54, 1.807) is 19.9 Å². The van der Waals surface area contributed by atoms with Crippen molar-refractivity contribution in [3.8, 4) is 0 Å². The van der Waals surface area contributed by atoms with Crippen LogP contribution in [0.5, 0.6) is 0 Å². The third kappa shape index (κ3) is 3.84. The molecule has 1 amide bonds. The highest BCUT2D eigenvalue weighted by molar-refractivity contribution is 5.94. The fraction of sp³-hybridized carbons (Fsp3) is 0.462. The summed E-state index contributed by atoms with van der Waals surface area (Å²) in [6.45, 7) is 7.06. The summed E-state index contributed by atoms with van der Waals surface area (Å²) in [5, 5.41) is 8.99. The number of amides is 1. The van der Waals surface area contributed by atoms with Crippen molar-refractivity contribution in [2.75, 3.05) is 6.61 Å². The number of hydrogen-bond donors (Lipinski definition) is 2. The third-order valence-electron chi connectivity index (χ3n) is 2.43. The van der Waals surface area contributed by atoms with E-state index in [9.17, 15) is 4.79 Å². The van der Waals surface area contributed by atoms with E-state index in [-0.39, 0.29) is 12.5 Å². The summed E-state index contributed by atoms with van der Waals surface area (Å²) in [6, 6.07) is 5.57. The molecule has 0 radical (unpaired) electrons. The smallest absolute Gasteiger partial charge is 0.275 e. The van der Waals surface area contributed by atoms with E-state index in [2.05, 4.69) is 5.48 Å². The first kappa shape index (κ1) is 13.7. The van der Waals surface area contributed by atoms with Gasteiger partial charge in [0.1, 0.15) is 5.60 Å². The molecule has 0 unspecified atom stereocenters. The molecule has 0 aromatic heterocycles. The molecular formula is C13H19NO3. The minimum Gasteiger partial charge on any atom is -0.393 e. The average molecular weight is 237 g/mol. The lowest BCUT2D eigenvalue weighted by Gasteiger charge is -2.22. The second-order valence-electron chi connectivity index (χ2n) is 4.77. The van der Waals surface area contributed by atoms with Crippen LogP contribution in [0.25, 0.3) is 0 Å². The zero-order valence-corrected chi connectivity index (χ0v) is 10.7. The number of hydroxylamine groups is 1. The van der Waals surface area contributed by atoms with E-state index in [4.69, 9.17) is 9.94 Å². The first-order valence-corrected chi connectivity index (χ1v) is 5.52. The molecule has 4 heteroatoms. The van der Waals surface area contributed by atoms with Crippen molar-refractivity contribution >= 4 is 5.91 Å². The van der Waals surface area contributed by atoms with Gasteiger partial charge >= 0.3 is 0 Å². The second kappa shape index (κ2) is 5.29. The molecule has 0 aliphatic heterocycles. The van der Waals surface area contributed by atoms with Gasteiger partial charge in [-0.05, 0) is 39.3 Å². The lowest BCUT2D eigenvalue weighted by atomic mass is 10.1. The quantitative estimate of drug-likeness (QED) is 0.784. The average Bonchev–Trinajstić information content (AvgIpc) is 2.26. The van der Waals surface area contributed by atoms with E-state index in [0.29, 0.717) is 5.56 Å². The number of rotatable bonds is 4. The Bertz CT molecular complexity index is 413.